The summed E-state index contributed by atoms with van der Waals surface area (Å²) in [6, 6.07) is 8.41. The minimum Gasteiger partial charge on any atom is -0.496 e. The van der Waals surface area contributed by atoms with Gasteiger partial charge in [0, 0.05) is 18.3 Å². The number of nitrogens with one attached hydrogen (secondary N) is 1. The summed E-state index contributed by atoms with van der Waals surface area (Å²) in [4.78, 5) is 0. The first-order valence-corrected chi connectivity index (χ1v) is 3.77. The molecule has 0 saturated carbocycles. The molecule has 0 heterocycles. The van der Waals surface area contributed by atoms with Gasteiger partial charge in [-0.1, -0.05) is 0 Å². The SMILES string of the molecule is COc1[c]cc(NCCO)cc1. The number of hydrogen-bond acceptors (Lipinski definition) is 3. The van der Waals surface area contributed by atoms with E-state index in [-0.39, 0.29) is 6.61 Å². The number of aliphatic hydroxyl groups is 1. The molecule has 0 atom stereocenters. The standard InChI is InChI=1S/C9H12NO2/c1-12-9-4-2-8(3-5-9)10-6-7-11/h2-4,10-11H,6-7H2,1H3. The van der Waals surface area contributed by atoms with Crippen molar-refractivity contribution in [2.75, 3.05) is 25.6 Å². The third kappa shape index (κ3) is 2.43. The summed E-state index contributed by atoms with van der Waals surface area (Å²) in [5.41, 5.74) is 0.935. The Morgan fingerprint density at radius 1 is 1.58 bits per heavy atom. The van der Waals surface area contributed by atoms with Gasteiger partial charge in [0.25, 0.3) is 0 Å². The first-order valence-electron chi connectivity index (χ1n) is 3.77. The van der Waals surface area contributed by atoms with Crippen LogP contribution >= 0.6 is 0 Å². The first kappa shape index (κ1) is 8.87. The molecule has 0 amide bonds. The van der Waals surface area contributed by atoms with Crippen molar-refractivity contribution in [1.29, 1.82) is 0 Å². The molecule has 0 fully saturated rings. The van der Waals surface area contributed by atoms with E-state index in [0.29, 0.717) is 12.3 Å². The van der Waals surface area contributed by atoms with Crippen molar-refractivity contribution in [3.8, 4) is 5.75 Å². The Bertz CT molecular complexity index is 220. The fourth-order valence-corrected chi connectivity index (χ4v) is 0.848. The monoisotopic (exact) mass is 166 g/mol. The normalized spacial score (nSPS) is 9.50. The van der Waals surface area contributed by atoms with Gasteiger partial charge in [-0.2, -0.15) is 0 Å². The van der Waals surface area contributed by atoms with Crippen LogP contribution < -0.4 is 10.1 Å². The van der Waals surface area contributed by atoms with Gasteiger partial charge in [-0.25, -0.2) is 0 Å². The van der Waals surface area contributed by atoms with E-state index >= 15 is 0 Å². The van der Waals surface area contributed by atoms with Crippen LogP contribution in [0.15, 0.2) is 18.2 Å². The van der Waals surface area contributed by atoms with Crippen LogP contribution in [0.5, 0.6) is 5.75 Å². The second-order valence-electron chi connectivity index (χ2n) is 2.30. The molecular weight excluding hydrogens is 154 g/mol. The summed E-state index contributed by atoms with van der Waals surface area (Å²) in [6.07, 6.45) is 0. The van der Waals surface area contributed by atoms with Crippen molar-refractivity contribution in [3.05, 3.63) is 24.3 Å². The Morgan fingerprint density at radius 2 is 2.42 bits per heavy atom. The number of ether oxygens (including phenoxy) is 1. The van der Waals surface area contributed by atoms with Crippen LogP contribution in [0.1, 0.15) is 0 Å². The maximum atomic E-state index is 8.53. The molecule has 3 heteroatoms. The van der Waals surface area contributed by atoms with Gasteiger partial charge in [-0.15, -0.1) is 0 Å². The molecule has 0 bridgehead atoms. The van der Waals surface area contributed by atoms with Gasteiger partial charge >= 0.3 is 0 Å². The van der Waals surface area contributed by atoms with Gasteiger partial charge in [-0.3, -0.25) is 0 Å². The molecule has 2 N–H and O–H groups in total. The molecule has 1 aromatic carbocycles. The molecular formula is C9H12NO2. The number of hydrogen-bond donors (Lipinski definition) is 2. The average molecular weight is 166 g/mol. The number of benzene rings is 1. The summed E-state index contributed by atoms with van der Waals surface area (Å²) in [6.45, 7) is 0.687. The predicted octanol–water partition coefficient (Wildman–Crippen LogP) is 0.900. The minimum atomic E-state index is 0.131. The van der Waals surface area contributed by atoms with E-state index in [1.807, 2.05) is 12.1 Å². The van der Waals surface area contributed by atoms with E-state index in [1.54, 1.807) is 13.2 Å². The van der Waals surface area contributed by atoms with Crippen molar-refractivity contribution in [2.45, 2.75) is 0 Å². The van der Waals surface area contributed by atoms with Gasteiger partial charge in [0.2, 0.25) is 0 Å². The molecule has 0 spiro atoms. The van der Waals surface area contributed by atoms with E-state index in [2.05, 4.69) is 11.4 Å². The van der Waals surface area contributed by atoms with Gasteiger partial charge in [0.1, 0.15) is 5.75 Å². The van der Waals surface area contributed by atoms with Crippen LogP contribution in [0.2, 0.25) is 0 Å². The Labute approximate surface area is 72.0 Å². The van der Waals surface area contributed by atoms with Crippen molar-refractivity contribution >= 4 is 5.69 Å². The maximum absolute atomic E-state index is 8.53. The zero-order chi connectivity index (χ0) is 8.81. The Morgan fingerprint density at radius 3 is 2.92 bits per heavy atom. The van der Waals surface area contributed by atoms with Crippen LogP contribution in [0.4, 0.5) is 5.69 Å². The molecule has 0 unspecified atom stereocenters. The summed E-state index contributed by atoms with van der Waals surface area (Å²) >= 11 is 0. The van der Waals surface area contributed by atoms with E-state index < -0.39 is 0 Å². The number of aliphatic hydroxyl groups excluding tert-OH is 1. The lowest BCUT2D eigenvalue weighted by Crippen LogP contribution is -2.04. The van der Waals surface area contributed by atoms with Gasteiger partial charge in [0.05, 0.1) is 13.7 Å². The second kappa shape index (κ2) is 4.62. The lowest BCUT2D eigenvalue weighted by Gasteiger charge is -2.04. The summed E-state index contributed by atoms with van der Waals surface area (Å²) < 4.78 is 4.94. The highest BCUT2D eigenvalue weighted by Crippen LogP contribution is 2.13. The lowest BCUT2D eigenvalue weighted by atomic mass is 10.3. The van der Waals surface area contributed by atoms with Crippen molar-refractivity contribution in [3.63, 3.8) is 0 Å². The van der Waals surface area contributed by atoms with Gasteiger partial charge in [-0.05, 0) is 18.2 Å². The van der Waals surface area contributed by atoms with Gasteiger partial charge < -0.3 is 15.2 Å². The fourth-order valence-electron chi connectivity index (χ4n) is 0.848. The zero-order valence-corrected chi connectivity index (χ0v) is 7.00. The number of anilines is 1. The van der Waals surface area contributed by atoms with Gasteiger partial charge in [0.15, 0.2) is 0 Å². The topological polar surface area (TPSA) is 41.5 Å². The summed E-state index contributed by atoms with van der Waals surface area (Å²) in [5, 5.41) is 11.5. The van der Waals surface area contributed by atoms with E-state index in [9.17, 15) is 0 Å². The smallest absolute Gasteiger partial charge is 0.126 e. The molecule has 1 aromatic rings. The summed E-state index contributed by atoms with van der Waals surface area (Å²) in [7, 11) is 1.60. The first-order chi connectivity index (χ1) is 5.86. The lowest BCUT2D eigenvalue weighted by molar-refractivity contribution is 0.311. The van der Waals surface area contributed by atoms with E-state index in [4.69, 9.17) is 9.84 Å². The molecule has 12 heavy (non-hydrogen) atoms. The molecule has 3 nitrogen and oxygen atoms in total. The van der Waals surface area contributed by atoms with Crippen LogP contribution in [0.25, 0.3) is 0 Å². The largest absolute Gasteiger partial charge is 0.496 e. The Balaban J connectivity index is 2.53. The number of methoxy groups -OCH3 is 1. The second-order valence-corrected chi connectivity index (χ2v) is 2.30. The molecule has 1 radical (unpaired) electrons. The zero-order valence-electron chi connectivity index (χ0n) is 7.00. The molecule has 0 saturated heterocycles. The molecule has 0 aromatic heterocycles. The van der Waals surface area contributed by atoms with Crippen molar-refractivity contribution in [1.82, 2.24) is 0 Å². The highest BCUT2D eigenvalue weighted by molar-refractivity contribution is 5.45. The highest BCUT2D eigenvalue weighted by atomic mass is 16.5. The molecule has 0 aliphatic carbocycles. The Kier molecular flexibility index (Phi) is 3.41. The van der Waals surface area contributed by atoms with Crippen molar-refractivity contribution < 1.29 is 9.84 Å². The maximum Gasteiger partial charge on any atom is 0.126 e. The number of rotatable bonds is 4. The predicted molar refractivity (Wildman–Crippen MR) is 47.4 cm³/mol. The van der Waals surface area contributed by atoms with Crippen LogP contribution in [-0.2, 0) is 0 Å². The van der Waals surface area contributed by atoms with E-state index in [0.717, 1.165) is 5.69 Å². The quantitative estimate of drug-likeness (QED) is 0.698. The Hall–Kier alpha value is -1.22. The average Bonchev–Trinajstić information content (AvgIpc) is 2.15. The van der Waals surface area contributed by atoms with Crippen LogP contribution in [0, 0.1) is 6.07 Å². The third-order valence-electron chi connectivity index (χ3n) is 1.45. The van der Waals surface area contributed by atoms with Crippen LogP contribution in [0.3, 0.4) is 0 Å². The van der Waals surface area contributed by atoms with Crippen LogP contribution in [-0.4, -0.2) is 25.4 Å². The third-order valence-corrected chi connectivity index (χ3v) is 1.45. The van der Waals surface area contributed by atoms with E-state index in [1.165, 1.54) is 0 Å². The molecule has 65 valence electrons. The minimum absolute atomic E-state index is 0.131. The highest BCUT2D eigenvalue weighted by Gasteiger charge is 1.92. The molecule has 1 rings (SSSR count). The fraction of sp³-hybridized carbons (Fsp3) is 0.333. The summed E-state index contributed by atoms with van der Waals surface area (Å²) in [5.74, 6) is 0.713. The molecule has 0 aliphatic rings. The molecule has 0 aliphatic heterocycles. The van der Waals surface area contributed by atoms with Crippen molar-refractivity contribution in [2.24, 2.45) is 0 Å².